The van der Waals surface area contributed by atoms with Crippen LogP contribution < -0.4 is 11.1 Å². The summed E-state index contributed by atoms with van der Waals surface area (Å²) in [5.41, 5.74) is 9.00. The second-order valence-electron chi connectivity index (χ2n) is 4.10. The Morgan fingerprint density at radius 1 is 1.50 bits per heavy atom. The van der Waals surface area contributed by atoms with Gasteiger partial charge in [-0.2, -0.15) is 5.10 Å². The predicted molar refractivity (Wildman–Crippen MR) is 67.9 cm³/mol. The van der Waals surface area contributed by atoms with Crippen molar-refractivity contribution in [2.24, 2.45) is 0 Å². The number of anilines is 1. The van der Waals surface area contributed by atoms with Crippen molar-refractivity contribution in [3.05, 3.63) is 40.8 Å². The van der Waals surface area contributed by atoms with Crippen molar-refractivity contribution in [2.45, 2.75) is 20.4 Å². The molecule has 0 aliphatic carbocycles. The lowest BCUT2D eigenvalue weighted by atomic mass is 10.1. The summed E-state index contributed by atoms with van der Waals surface area (Å²) in [6, 6.07) is 1.80. The highest BCUT2D eigenvalue weighted by molar-refractivity contribution is 5.93. The number of amides is 1. The number of aromatic amines is 1. The number of hydrogen-bond donors (Lipinski definition) is 3. The molecule has 0 fully saturated rings. The number of nitrogens with two attached hydrogens (primary N) is 1. The van der Waals surface area contributed by atoms with E-state index in [0.717, 1.165) is 16.8 Å². The van der Waals surface area contributed by atoms with Gasteiger partial charge in [-0.05, 0) is 31.0 Å². The van der Waals surface area contributed by atoms with Crippen molar-refractivity contribution in [3.63, 3.8) is 0 Å². The van der Waals surface area contributed by atoms with Crippen LogP contribution in [0.4, 0.5) is 5.82 Å². The van der Waals surface area contributed by atoms with Gasteiger partial charge in [0, 0.05) is 18.4 Å². The van der Waals surface area contributed by atoms with Crippen LogP contribution in [-0.4, -0.2) is 21.1 Å². The van der Waals surface area contributed by atoms with E-state index < -0.39 is 0 Å². The first-order chi connectivity index (χ1) is 8.58. The van der Waals surface area contributed by atoms with Crippen LogP contribution in [0.5, 0.6) is 0 Å². The van der Waals surface area contributed by atoms with Gasteiger partial charge in [0.2, 0.25) is 0 Å². The van der Waals surface area contributed by atoms with Gasteiger partial charge in [-0.15, -0.1) is 0 Å². The van der Waals surface area contributed by atoms with Crippen molar-refractivity contribution in [3.8, 4) is 0 Å². The number of carbonyl (C=O) groups is 1. The number of aromatic nitrogens is 3. The molecule has 0 aliphatic rings. The Kier molecular flexibility index (Phi) is 3.27. The van der Waals surface area contributed by atoms with Gasteiger partial charge in [0.15, 0.2) is 0 Å². The predicted octanol–water partition coefficient (Wildman–Crippen LogP) is 0.934. The molecule has 4 N–H and O–H groups in total. The number of H-pyrrole nitrogens is 1. The zero-order valence-electron chi connectivity index (χ0n) is 10.3. The first-order valence-electron chi connectivity index (χ1n) is 5.57. The maximum Gasteiger partial charge on any atom is 0.254 e. The van der Waals surface area contributed by atoms with Crippen LogP contribution in [0.1, 0.15) is 27.2 Å². The Morgan fingerprint density at radius 3 is 2.89 bits per heavy atom. The van der Waals surface area contributed by atoms with Gasteiger partial charge in [0.05, 0.1) is 11.8 Å². The van der Waals surface area contributed by atoms with E-state index in [2.05, 4.69) is 20.5 Å². The standard InChI is InChI=1S/C12H15N5O/c1-7-3-11(13)17-8(2)10(7)6-14-12(18)9-4-15-16-5-9/h3-5H,6H2,1-2H3,(H2,13,17)(H,14,18)(H,15,16). The molecule has 94 valence electrons. The first kappa shape index (κ1) is 12.1. The molecule has 2 aromatic rings. The zero-order chi connectivity index (χ0) is 13.1. The highest BCUT2D eigenvalue weighted by atomic mass is 16.1. The Hall–Kier alpha value is -2.37. The molecule has 0 radical (unpaired) electrons. The van der Waals surface area contributed by atoms with E-state index in [9.17, 15) is 4.79 Å². The Balaban J connectivity index is 2.09. The molecule has 0 spiro atoms. The van der Waals surface area contributed by atoms with E-state index in [1.807, 2.05) is 13.8 Å². The van der Waals surface area contributed by atoms with E-state index >= 15 is 0 Å². The second kappa shape index (κ2) is 4.87. The lowest BCUT2D eigenvalue weighted by molar-refractivity contribution is 0.0951. The van der Waals surface area contributed by atoms with Crippen LogP contribution in [0.3, 0.4) is 0 Å². The molecule has 0 aliphatic heterocycles. The molecule has 2 aromatic heterocycles. The minimum atomic E-state index is -0.167. The summed E-state index contributed by atoms with van der Waals surface area (Å²) < 4.78 is 0. The van der Waals surface area contributed by atoms with Crippen molar-refractivity contribution in [2.75, 3.05) is 5.73 Å². The third-order valence-corrected chi connectivity index (χ3v) is 2.76. The Bertz CT molecular complexity index is 539. The van der Waals surface area contributed by atoms with Gasteiger partial charge in [0.1, 0.15) is 5.82 Å². The molecule has 0 bridgehead atoms. The van der Waals surface area contributed by atoms with Crippen LogP contribution in [-0.2, 0) is 6.54 Å². The molecule has 2 heterocycles. The molecule has 1 amide bonds. The fraction of sp³-hybridized carbons (Fsp3) is 0.250. The molecule has 18 heavy (non-hydrogen) atoms. The first-order valence-corrected chi connectivity index (χ1v) is 5.57. The van der Waals surface area contributed by atoms with E-state index in [-0.39, 0.29) is 5.91 Å². The van der Waals surface area contributed by atoms with Crippen molar-refractivity contribution < 1.29 is 4.79 Å². The molecule has 0 saturated carbocycles. The molecule has 6 heteroatoms. The third-order valence-electron chi connectivity index (χ3n) is 2.76. The van der Waals surface area contributed by atoms with Crippen LogP contribution in [0.15, 0.2) is 18.5 Å². The summed E-state index contributed by atoms with van der Waals surface area (Å²) in [4.78, 5) is 15.9. The van der Waals surface area contributed by atoms with Gasteiger partial charge in [-0.1, -0.05) is 0 Å². The van der Waals surface area contributed by atoms with Gasteiger partial charge in [0.25, 0.3) is 5.91 Å². The Labute approximate surface area is 105 Å². The van der Waals surface area contributed by atoms with Crippen LogP contribution in [0.2, 0.25) is 0 Å². The summed E-state index contributed by atoms with van der Waals surface area (Å²) >= 11 is 0. The van der Waals surface area contributed by atoms with Gasteiger partial charge in [-0.3, -0.25) is 9.89 Å². The number of carbonyl (C=O) groups excluding carboxylic acids is 1. The van der Waals surface area contributed by atoms with Crippen molar-refractivity contribution in [1.82, 2.24) is 20.5 Å². The molecule has 6 nitrogen and oxygen atoms in total. The SMILES string of the molecule is Cc1cc(N)nc(C)c1CNC(=O)c1cn[nH]c1. The molecule has 0 unspecified atom stereocenters. The van der Waals surface area contributed by atoms with E-state index in [0.29, 0.717) is 17.9 Å². The van der Waals surface area contributed by atoms with Crippen LogP contribution in [0, 0.1) is 13.8 Å². The molecular weight excluding hydrogens is 230 g/mol. The normalized spacial score (nSPS) is 10.3. The monoisotopic (exact) mass is 245 g/mol. The fourth-order valence-corrected chi connectivity index (χ4v) is 1.80. The molecule has 0 aromatic carbocycles. The van der Waals surface area contributed by atoms with E-state index in [1.165, 1.54) is 6.20 Å². The quantitative estimate of drug-likeness (QED) is 0.749. The average Bonchev–Trinajstić information content (AvgIpc) is 2.80. The minimum Gasteiger partial charge on any atom is -0.384 e. The largest absolute Gasteiger partial charge is 0.384 e. The second-order valence-corrected chi connectivity index (χ2v) is 4.10. The number of nitrogens with zero attached hydrogens (tertiary/aromatic N) is 2. The van der Waals surface area contributed by atoms with Crippen molar-refractivity contribution in [1.29, 1.82) is 0 Å². The number of nitrogen functional groups attached to an aromatic ring is 1. The molecular formula is C12H15N5O. The Morgan fingerprint density at radius 2 is 2.28 bits per heavy atom. The van der Waals surface area contributed by atoms with Gasteiger partial charge >= 0.3 is 0 Å². The topological polar surface area (TPSA) is 96.7 Å². The van der Waals surface area contributed by atoms with Gasteiger partial charge < -0.3 is 11.1 Å². The summed E-state index contributed by atoms with van der Waals surface area (Å²) in [6.07, 6.45) is 3.03. The number of nitrogens with one attached hydrogen (secondary N) is 2. The lowest BCUT2D eigenvalue weighted by Gasteiger charge is -2.10. The number of hydrogen-bond acceptors (Lipinski definition) is 4. The minimum absolute atomic E-state index is 0.167. The van der Waals surface area contributed by atoms with Crippen molar-refractivity contribution >= 4 is 11.7 Å². The lowest BCUT2D eigenvalue weighted by Crippen LogP contribution is -2.23. The average molecular weight is 245 g/mol. The number of rotatable bonds is 3. The van der Waals surface area contributed by atoms with E-state index in [1.54, 1.807) is 12.3 Å². The van der Waals surface area contributed by atoms with Gasteiger partial charge in [-0.25, -0.2) is 4.98 Å². The molecule has 2 rings (SSSR count). The van der Waals surface area contributed by atoms with E-state index in [4.69, 9.17) is 5.73 Å². The van der Waals surface area contributed by atoms with Crippen LogP contribution >= 0.6 is 0 Å². The fourth-order valence-electron chi connectivity index (χ4n) is 1.80. The number of pyridine rings is 1. The highest BCUT2D eigenvalue weighted by Gasteiger charge is 2.09. The zero-order valence-corrected chi connectivity index (χ0v) is 10.3. The highest BCUT2D eigenvalue weighted by Crippen LogP contribution is 2.14. The molecule has 0 saturated heterocycles. The summed E-state index contributed by atoms with van der Waals surface area (Å²) in [7, 11) is 0. The number of aryl methyl sites for hydroxylation is 2. The third kappa shape index (κ3) is 2.48. The maximum absolute atomic E-state index is 11.8. The molecule has 0 atom stereocenters. The summed E-state index contributed by atoms with van der Waals surface area (Å²) in [6.45, 7) is 4.25. The smallest absolute Gasteiger partial charge is 0.254 e. The maximum atomic E-state index is 11.8. The summed E-state index contributed by atoms with van der Waals surface area (Å²) in [5.74, 6) is 0.328. The summed E-state index contributed by atoms with van der Waals surface area (Å²) in [5, 5.41) is 9.15. The van der Waals surface area contributed by atoms with Crippen LogP contribution in [0.25, 0.3) is 0 Å².